The van der Waals surface area contributed by atoms with Crippen molar-refractivity contribution in [2.75, 3.05) is 6.61 Å². The predicted molar refractivity (Wildman–Crippen MR) is 168 cm³/mol. The van der Waals surface area contributed by atoms with Crippen molar-refractivity contribution in [1.82, 2.24) is 5.43 Å². The largest absolute Gasteiger partial charge is 0.494 e. The van der Waals surface area contributed by atoms with Crippen LogP contribution in [0, 0.1) is 0 Å². The van der Waals surface area contributed by atoms with Gasteiger partial charge in [-0.2, -0.15) is 5.10 Å². The van der Waals surface area contributed by atoms with Crippen LogP contribution in [-0.2, 0) is 13.2 Å². The number of benzene rings is 4. The number of rotatable bonds is 17. The van der Waals surface area contributed by atoms with E-state index in [4.69, 9.17) is 14.2 Å². The zero-order valence-corrected chi connectivity index (χ0v) is 24.3. The lowest BCUT2D eigenvalue weighted by Crippen LogP contribution is -2.17. The van der Waals surface area contributed by atoms with Crippen LogP contribution in [0.5, 0.6) is 17.2 Å². The SMILES string of the molecule is CCCCCCCCOc1ccc(C(=O)N/N=C\c2ccc(OCc3ccccc3)cc2OCc2ccccc2)cc1. The van der Waals surface area contributed by atoms with Gasteiger partial charge in [0.25, 0.3) is 5.91 Å². The molecule has 1 N–H and O–H groups in total. The Balaban J connectivity index is 1.32. The smallest absolute Gasteiger partial charge is 0.271 e. The van der Waals surface area contributed by atoms with Gasteiger partial charge in [0.2, 0.25) is 0 Å². The van der Waals surface area contributed by atoms with E-state index in [1.54, 1.807) is 18.3 Å². The molecule has 42 heavy (non-hydrogen) atoms. The Morgan fingerprint density at radius 3 is 2.00 bits per heavy atom. The van der Waals surface area contributed by atoms with E-state index in [1.165, 1.54) is 32.1 Å². The van der Waals surface area contributed by atoms with Gasteiger partial charge in [0.05, 0.1) is 12.8 Å². The monoisotopic (exact) mass is 564 g/mol. The van der Waals surface area contributed by atoms with Crippen molar-refractivity contribution in [2.45, 2.75) is 58.7 Å². The van der Waals surface area contributed by atoms with Gasteiger partial charge in [-0.1, -0.05) is 99.7 Å². The molecular formula is C36H40N2O4. The van der Waals surface area contributed by atoms with Crippen LogP contribution in [0.3, 0.4) is 0 Å². The van der Waals surface area contributed by atoms with Gasteiger partial charge < -0.3 is 14.2 Å². The van der Waals surface area contributed by atoms with Crippen molar-refractivity contribution in [1.29, 1.82) is 0 Å². The molecule has 0 aliphatic carbocycles. The molecular weight excluding hydrogens is 524 g/mol. The van der Waals surface area contributed by atoms with Gasteiger partial charge >= 0.3 is 0 Å². The number of carbonyl (C=O) groups is 1. The van der Waals surface area contributed by atoms with Gasteiger partial charge in [-0.3, -0.25) is 4.79 Å². The molecule has 4 rings (SSSR count). The number of ether oxygens (including phenoxy) is 3. The lowest BCUT2D eigenvalue weighted by molar-refractivity contribution is 0.0955. The molecule has 0 atom stereocenters. The van der Waals surface area contributed by atoms with E-state index in [0.717, 1.165) is 28.9 Å². The van der Waals surface area contributed by atoms with E-state index >= 15 is 0 Å². The molecule has 0 aliphatic rings. The van der Waals surface area contributed by atoms with Gasteiger partial charge in [0.1, 0.15) is 30.5 Å². The maximum atomic E-state index is 12.7. The molecule has 6 heteroatoms. The number of hydrogen-bond donors (Lipinski definition) is 1. The summed E-state index contributed by atoms with van der Waals surface area (Å²) in [5.74, 6) is 1.75. The third-order valence-electron chi connectivity index (χ3n) is 6.72. The van der Waals surface area contributed by atoms with Gasteiger partial charge in [0, 0.05) is 17.2 Å². The third-order valence-corrected chi connectivity index (χ3v) is 6.72. The zero-order chi connectivity index (χ0) is 29.2. The van der Waals surface area contributed by atoms with Crippen LogP contribution < -0.4 is 19.6 Å². The number of nitrogens with one attached hydrogen (secondary N) is 1. The average molecular weight is 565 g/mol. The molecule has 4 aromatic carbocycles. The second-order valence-corrected chi connectivity index (χ2v) is 10.1. The van der Waals surface area contributed by atoms with Gasteiger partial charge in [0.15, 0.2) is 0 Å². The summed E-state index contributed by atoms with van der Waals surface area (Å²) < 4.78 is 18.0. The summed E-state index contributed by atoms with van der Waals surface area (Å²) >= 11 is 0. The number of hydrazone groups is 1. The Morgan fingerprint density at radius 2 is 1.31 bits per heavy atom. The Morgan fingerprint density at radius 1 is 0.690 bits per heavy atom. The summed E-state index contributed by atoms with van der Waals surface area (Å²) in [5.41, 5.74) is 5.96. The van der Waals surface area contributed by atoms with Crippen LogP contribution in [-0.4, -0.2) is 18.7 Å². The van der Waals surface area contributed by atoms with Crippen molar-refractivity contribution in [3.8, 4) is 17.2 Å². The van der Waals surface area contributed by atoms with Crippen LogP contribution in [0.15, 0.2) is 108 Å². The predicted octanol–water partition coefficient (Wildman–Crippen LogP) is 8.35. The minimum Gasteiger partial charge on any atom is -0.494 e. The Bertz CT molecular complexity index is 1370. The van der Waals surface area contributed by atoms with E-state index < -0.39 is 0 Å². The summed E-state index contributed by atoms with van der Waals surface area (Å²) in [5, 5.41) is 4.19. The minimum atomic E-state index is -0.303. The minimum absolute atomic E-state index is 0.303. The van der Waals surface area contributed by atoms with Crippen LogP contribution in [0.4, 0.5) is 0 Å². The van der Waals surface area contributed by atoms with E-state index in [1.807, 2.05) is 91.0 Å². The fraction of sp³-hybridized carbons (Fsp3) is 0.278. The van der Waals surface area contributed by atoms with Crippen LogP contribution in [0.2, 0.25) is 0 Å². The topological polar surface area (TPSA) is 69.2 Å². The molecule has 0 aromatic heterocycles. The number of carbonyl (C=O) groups excluding carboxylic acids is 1. The molecule has 0 saturated carbocycles. The van der Waals surface area contributed by atoms with Crippen molar-refractivity contribution < 1.29 is 19.0 Å². The molecule has 0 aliphatic heterocycles. The van der Waals surface area contributed by atoms with E-state index in [-0.39, 0.29) is 5.91 Å². The van der Waals surface area contributed by atoms with E-state index in [0.29, 0.717) is 36.9 Å². The molecule has 218 valence electrons. The second-order valence-electron chi connectivity index (χ2n) is 10.1. The van der Waals surface area contributed by atoms with Gasteiger partial charge in [-0.25, -0.2) is 5.43 Å². The van der Waals surface area contributed by atoms with Crippen molar-refractivity contribution >= 4 is 12.1 Å². The first-order valence-corrected chi connectivity index (χ1v) is 14.7. The molecule has 4 aromatic rings. The molecule has 0 bridgehead atoms. The Kier molecular flexibility index (Phi) is 12.5. The molecule has 0 spiro atoms. The Labute approximate surface area is 249 Å². The van der Waals surface area contributed by atoms with Crippen LogP contribution in [0.1, 0.15) is 72.5 Å². The molecule has 6 nitrogen and oxygen atoms in total. The van der Waals surface area contributed by atoms with Gasteiger partial charge in [-0.05, 0) is 53.9 Å². The lowest BCUT2D eigenvalue weighted by atomic mass is 10.1. The number of nitrogens with zero attached hydrogens (tertiary/aromatic N) is 1. The zero-order valence-electron chi connectivity index (χ0n) is 24.3. The first-order valence-electron chi connectivity index (χ1n) is 14.7. The summed E-state index contributed by atoms with van der Waals surface area (Å²) in [6.07, 6.45) is 8.90. The summed E-state index contributed by atoms with van der Waals surface area (Å²) in [6.45, 7) is 3.75. The highest BCUT2D eigenvalue weighted by Gasteiger charge is 2.08. The van der Waals surface area contributed by atoms with Crippen LogP contribution in [0.25, 0.3) is 0 Å². The molecule has 0 fully saturated rings. The highest BCUT2D eigenvalue weighted by molar-refractivity contribution is 5.95. The summed E-state index contributed by atoms with van der Waals surface area (Å²) in [7, 11) is 0. The highest BCUT2D eigenvalue weighted by Crippen LogP contribution is 2.26. The standard InChI is InChI=1S/C36H40N2O4/c1-2-3-4-5-6-13-24-40-33-21-18-31(19-22-33)36(39)38-37-26-32-20-23-34(41-27-29-14-9-7-10-15-29)25-35(32)42-28-30-16-11-8-12-17-30/h7-12,14-23,25-26H,2-6,13,24,27-28H2,1H3,(H,38,39)/b37-26-. The van der Waals surface area contributed by atoms with Crippen LogP contribution >= 0.6 is 0 Å². The third kappa shape index (κ3) is 10.4. The summed E-state index contributed by atoms with van der Waals surface area (Å²) in [4.78, 5) is 12.7. The first-order chi connectivity index (χ1) is 20.7. The van der Waals surface area contributed by atoms with Crippen molar-refractivity contribution in [3.05, 3.63) is 125 Å². The average Bonchev–Trinajstić information content (AvgIpc) is 3.04. The van der Waals surface area contributed by atoms with Crippen molar-refractivity contribution in [2.24, 2.45) is 5.10 Å². The van der Waals surface area contributed by atoms with Gasteiger partial charge in [-0.15, -0.1) is 0 Å². The normalized spacial score (nSPS) is 10.9. The number of unbranched alkanes of at least 4 members (excludes halogenated alkanes) is 5. The molecule has 1 amide bonds. The molecule has 0 radical (unpaired) electrons. The quantitative estimate of drug-likeness (QED) is 0.0795. The molecule has 0 unspecified atom stereocenters. The van der Waals surface area contributed by atoms with E-state index in [2.05, 4.69) is 17.5 Å². The maximum Gasteiger partial charge on any atom is 0.271 e. The maximum absolute atomic E-state index is 12.7. The Hall–Kier alpha value is -4.58. The fourth-order valence-corrected chi connectivity index (χ4v) is 4.31. The van der Waals surface area contributed by atoms with Crippen molar-refractivity contribution in [3.63, 3.8) is 0 Å². The first kappa shape index (κ1) is 30.4. The number of hydrogen-bond acceptors (Lipinski definition) is 5. The molecule has 0 saturated heterocycles. The number of amides is 1. The highest BCUT2D eigenvalue weighted by atomic mass is 16.5. The van der Waals surface area contributed by atoms with E-state index in [9.17, 15) is 4.79 Å². The fourth-order valence-electron chi connectivity index (χ4n) is 4.31. The lowest BCUT2D eigenvalue weighted by Gasteiger charge is -2.12. The second kappa shape index (κ2) is 17.3. The molecule has 0 heterocycles. The summed E-state index contributed by atoms with van der Waals surface area (Å²) in [6, 6.07) is 32.6.